The predicted octanol–water partition coefficient (Wildman–Crippen LogP) is 1.01. The van der Waals surface area contributed by atoms with Gasteiger partial charge in [-0.05, 0) is 0 Å². The minimum absolute atomic E-state index is 0.00671. The molecule has 0 radical (unpaired) electrons. The van der Waals surface area contributed by atoms with Crippen molar-refractivity contribution in [3.63, 3.8) is 0 Å². The molecule has 2 N–H and O–H groups in total. The van der Waals surface area contributed by atoms with Crippen LogP contribution in [-0.2, 0) is 24.3 Å². The summed E-state index contributed by atoms with van der Waals surface area (Å²) >= 11 is 1.56. The van der Waals surface area contributed by atoms with Gasteiger partial charge in [0, 0.05) is 49.7 Å². The number of fused-ring (bicyclic) bond motifs is 1. The van der Waals surface area contributed by atoms with E-state index < -0.39 is 0 Å². The molecule has 2 aromatic rings. The lowest BCUT2D eigenvalue weighted by atomic mass is 10.2. The minimum Gasteiger partial charge on any atom is -0.337 e. The maximum absolute atomic E-state index is 11.8. The number of aryl methyl sites for hydroxylation is 1. The molecule has 0 fully saturated rings. The van der Waals surface area contributed by atoms with Crippen molar-refractivity contribution < 1.29 is 4.79 Å². The molecule has 7 heteroatoms. The van der Waals surface area contributed by atoms with Crippen LogP contribution in [0.3, 0.4) is 0 Å². The highest BCUT2D eigenvalue weighted by molar-refractivity contribution is 7.15. The van der Waals surface area contributed by atoms with Crippen LogP contribution in [0, 0.1) is 0 Å². The smallest absolute Gasteiger partial charge is 0.227 e. The summed E-state index contributed by atoms with van der Waals surface area (Å²) in [6.45, 7) is 2.46. The van der Waals surface area contributed by atoms with Gasteiger partial charge in [0.15, 0.2) is 5.13 Å². The van der Waals surface area contributed by atoms with E-state index >= 15 is 0 Å². The Labute approximate surface area is 114 Å². The molecule has 0 aliphatic carbocycles. The van der Waals surface area contributed by atoms with Crippen molar-refractivity contribution in [2.45, 2.75) is 25.9 Å². The first kappa shape index (κ1) is 12.3. The SMILES string of the molecule is O=C(CCn1ccnc1)Nc1nc2c(s1)CNCC2. The molecule has 100 valence electrons. The van der Waals surface area contributed by atoms with Gasteiger partial charge in [-0.15, -0.1) is 11.3 Å². The second-order valence-corrected chi connectivity index (χ2v) is 5.50. The van der Waals surface area contributed by atoms with E-state index in [1.54, 1.807) is 23.9 Å². The number of carbonyl (C=O) groups is 1. The first-order valence-electron chi connectivity index (χ1n) is 6.26. The van der Waals surface area contributed by atoms with Crippen LogP contribution in [-0.4, -0.2) is 27.0 Å². The Kier molecular flexibility index (Phi) is 3.56. The van der Waals surface area contributed by atoms with Crippen molar-refractivity contribution in [1.29, 1.82) is 0 Å². The molecule has 1 aliphatic rings. The topological polar surface area (TPSA) is 71.8 Å². The summed E-state index contributed by atoms with van der Waals surface area (Å²) in [6, 6.07) is 0. The van der Waals surface area contributed by atoms with Gasteiger partial charge in [-0.25, -0.2) is 9.97 Å². The van der Waals surface area contributed by atoms with Crippen LogP contribution in [0.1, 0.15) is 17.0 Å². The zero-order valence-electron chi connectivity index (χ0n) is 10.4. The third-order valence-corrected chi connectivity index (χ3v) is 4.02. The number of imidazole rings is 1. The Bertz CT molecular complexity index is 539. The van der Waals surface area contributed by atoms with E-state index in [0.717, 1.165) is 25.2 Å². The Morgan fingerprint density at radius 3 is 3.32 bits per heavy atom. The van der Waals surface area contributed by atoms with Gasteiger partial charge >= 0.3 is 0 Å². The molecule has 1 amide bonds. The van der Waals surface area contributed by atoms with Crippen LogP contribution in [0.2, 0.25) is 0 Å². The average molecular weight is 277 g/mol. The maximum Gasteiger partial charge on any atom is 0.227 e. The largest absolute Gasteiger partial charge is 0.337 e. The maximum atomic E-state index is 11.8. The van der Waals surface area contributed by atoms with E-state index in [2.05, 4.69) is 20.6 Å². The van der Waals surface area contributed by atoms with Gasteiger partial charge in [-0.2, -0.15) is 0 Å². The number of nitrogens with one attached hydrogen (secondary N) is 2. The van der Waals surface area contributed by atoms with Crippen molar-refractivity contribution in [3.05, 3.63) is 29.3 Å². The normalized spacial score (nSPS) is 14.1. The number of hydrogen-bond acceptors (Lipinski definition) is 5. The monoisotopic (exact) mass is 277 g/mol. The number of amides is 1. The van der Waals surface area contributed by atoms with Crippen molar-refractivity contribution in [2.75, 3.05) is 11.9 Å². The van der Waals surface area contributed by atoms with Gasteiger partial charge in [0.25, 0.3) is 0 Å². The molecule has 0 unspecified atom stereocenters. The van der Waals surface area contributed by atoms with Crippen molar-refractivity contribution in [2.24, 2.45) is 0 Å². The Morgan fingerprint density at radius 1 is 1.58 bits per heavy atom. The molecule has 19 heavy (non-hydrogen) atoms. The summed E-state index contributed by atoms with van der Waals surface area (Å²) in [5.74, 6) is -0.00671. The van der Waals surface area contributed by atoms with Crippen molar-refractivity contribution >= 4 is 22.4 Å². The van der Waals surface area contributed by atoms with Gasteiger partial charge in [-0.3, -0.25) is 4.79 Å². The van der Waals surface area contributed by atoms with Crippen LogP contribution >= 0.6 is 11.3 Å². The molecule has 1 aliphatic heterocycles. The van der Waals surface area contributed by atoms with Gasteiger partial charge in [0.05, 0.1) is 12.0 Å². The van der Waals surface area contributed by atoms with Gasteiger partial charge in [-0.1, -0.05) is 0 Å². The Balaban J connectivity index is 1.55. The van der Waals surface area contributed by atoms with Gasteiger partial charge in [0.2, 0.25) is 5.91 Å². The standard InChI is InChI=1S/C12H15N5OS/c18-11(2-5-17-6-4-14-8-17)16-12-15-9-1-3-13-7-10(9)19-12/h4,6,8,13H,1-3,5,7H2,(H,15,16,18). The van der Waals surface area contributed by atoms with Crippen LogP contribution in [0.25, 0.3) is 0 Å². The highest BCUT2D eigenvalue weighted by Crippen LogP contribution is 2.25. The summed E-state index contributed by atoms with van der Waals surface area (Å²) < 4.78 is 1.89. The lowest BCUT2D eigenvalue weighted by Crippen LogP contribution is -2.22. The molecule has 2 aromatic heterocycles. The van der Waals surface area contributed by atoms with E-state index in [-0.39, 0.29) is 5.91 Å². The molecule has 0 aromatic carbocycles. The summed E-state index contributed by atoms with van der Waals surface area (Å²) in [5, 5.41) is 6.88. The van der Waals surface area contributed by atoms with E-state index in [9.17, 15) is 4.79 Å². The highest BCUT2D eigenvalue weighted by atomic mass is 32.1. The van der Waals surface area contributed by atoms with Gasteiger partial charge in [0.1, 0.15) is 0 Å². The van der Waals surface area contributed by atoms with Crippen LogP contribution in [0.15, 0.2) is 18.7 Å². The highest BCUT2D eigenvalue weighted by Gasteiger charge is 2.15. The van der Waals surface area contributed by atoms with E-state index in [0.29, 0.717) is 18.1 Å². The fourth-order valence-electron chi connectivity index (χ4n) is 2.01. The number of carbonyl (C=O) groups excluding carboxylic acids is 1. The first-order valence-corrected chi connectivity index (χ1v) is 7.08. The number of rotatable bonds is 4. The zero-order chi connectivity index (χ0) is 13.1. The lowest BCUT2D eigenvalue weighted by Gasteiger charge is -2.09. The molecule has 0 saturated heterocycles. The van der Waals surface area contributed by atoms with Crippen LogP contribution in [0.4, 0.5) is 5.13 Å². The first-order chi connectivity index (χ1) is 9.31. The third kappa shape index (κ3) is 2.99. The van der Waals surface area contributed by atoms with Crippen molar-refractivity contribution in [1.82, 2.24) is 19.9 Å². The van der Waals surface area contributed by atoms with E-state index in [1.807, 2.05) is 10.8 Å². The molecule has 0 saturated carbocycles. The number of aromatic nitrogens is 3. The number of anilines is 1. The van der Waals surface area contributed by atoms with Gasteiger partial charge < -0.3 is 15.2 Å². The molecular formula is C12H15N5OS. The Hall–Kier alpha value is -1.73. The zero-order valence-corrected chi connectivity index (χ0v) is 11.2. The van der Waals surface area contributed by atoms with Crippen molar-refractivity contribution in [3.8, 4) is 0 Å². The van der Waals surface area contributed by atoms with E-state index in [4.69, 9.17) is 0 Å². The number of thiazole rings is 1. The Morgan fingerprint density at radius 2 is 2.53 bits per heavy atom. The number of nitrogens with zero attached hydrogens (tertiary/aromatic N) is 3. The predicted molar refractivity (Wildman–Crippen MR) is 73.0 cm³/mol. The second-order valence-electron chi connectivity index (χ2n) is 4.41. The summed E-state index contributed by atoms with van der Waals surface area (Å²) in [4.78, 5) is 21.5. The summed E-state index contributed by atoms with van der Waals surface area (Å²) in [6.07, 6.45) is 6.64. The average Bonchev–Trinajstić information content (AvgIpc) is 3.04. The molecule has 6 nitrogen and oxygen atoms in total. The molecular weight excluding hydrogens is 262 g/mol. The molecule has 0 atom stereocenters. The fourth-order valence-corrected chi connectivity index (χ4v) is 3.00. The van der Waals surface area contributed by atoms with E-state index in [1.165, 1.54) is 4.88 Å². The summed E-state index contributed by atoms with van der Waals surface area (Å²) in [5.41, 5.74) is 1.12. The molecule has 0 bridgehead atoms. The molecule has 3 heterocycles. The molecule has 0 spiro atoms. The lowest BCUT2D eigenvalue weighted by molar-refractivity contribution is -0.116. The quantitative estimate of drug-likeness (QED) is 0.875. The summed E-state index contributed by atoms with van der Waals surface area (Å²) in [7, 11) is 0. The third-order valence-electron chi connectivity index (χ3n) is 3.00. The van der Waals surface area contributed by atoms with Crippen LogP contribution < -0.4 is 10.6 Å². The second kappa shape index (κ2) is 5.50. The van der Waals surface area contributed by atoms with Crippen LogP contribution in [0.5, 0.6) is 0 Å². The fraction of sp³-hybridized carbons (Fsp3) is 0.417. The number of hydrogen-bond donors (Lipinski definition) is 2. The molecule has 3 rings (SSSR count). The minimum atomic E-state index is -0.00671.